The highest BCUT2D eigenvalue weighted by atomic mass is 16.5. The first-order chi connectivity index (χ1) is 8.07. The number of nitrogens with one attached hydrogen (secondary N) is 1. The Bertz CT molecular complexity index is 233. The van der Waals surface area contributed by atoms with Crippen LogP contribution in [-0.4, -0.2) is 25.3 Å². The van der Waals surface area contributed by atoms with Gasteiger partial charge >= 0.3 is 0 Å². The molecule has 2 aliphatic rings. The molecule has 100 valence electrons. The van der Waals surface area contributed by atoms with Gasteiger partial charge in [-0.25, -0.2) is 0 Å². The number of hydrogen-bond donors (Lipinski definition) is 1. The van der Waals surface area contributed by atoms with Crippen LogP contribution >= 0.6 is 0 Å². The first-order valence-electron chi connectivity index (χ1n) is 7.42. The van der Waals surface area contributed by atoms with Crippen LogP contribution in [0.25, 0.3) is 0 Å². The maximum atomic E-state index is 5.66. The van der Waals surface area contributed by atoms with E-state index in [4.69, 9.17) is 4.74 Å². The molecule has 1 N–H and O–H groups in total. The zero-order chi connectivity index (χ0) is 12.3. The number of ether oxygens (including phenoxy) is 1. The summed E-state index contributed by atoms with van der Waals surface area (Å²) in [4.78, 5) is 0. The first kappa shape index (κ1) is 13.4. The highest BCUT2D eigenvalue weighted by Gasteiger charge is 2.31. The molecule has 0 spiro atoms. The number of hydrogen-bond acceptors (Lipinski definition) is 2. The van der Waals surface area contributed by atoms with Gasteiger partial charge in [0.1, 0.15) is 0 Å². The van der Waals surface area contributed by atoms with E-state index in [-0.39, 0.29) is 0 Å². The van der Waals surface area contributed by atoms with Gasteiger partial charge < -0.3 is 10.1 Å². The molecule has 0 bridgehead atoms. The van der Waals surface area contributed by atoms with Gasteiger partial charge in [0.15, 0.2) is 0 Å². The molecule has 2 heteroatoms. The van der Waals surface area contributed by atoms with Crippen molar-refractivity contribution in [2.45, 2.75) is 71.4 Å². The van der Waals surface area contributed by atoms with Crippen LogP contribution < -0.4 is 5.32 Å². The van der Waals surface area contributed by atoms with Gasteiger partial charge in [0.2, 0.25) is 0 Å². The van der Waals surface area contributed by atoms with E-state index in [1.807, 2.05) is 0 Å². The van der Waals surface area contributed by atoms with Gasteiger partial charge in [-0.1, -0.05) is 20.8 Å². The van der Waals surface area contributed by atoms with E-state index in [0.717, 1.165) is 25.1 Å². The molecule has 0 amide bonds. The Morgan fingerprint density at radius 3 is 2.76 bits per heavy atom. The lowest BCUT2D eigenvalue weighted by Gasteiger charge is -2.39. The van der Waals surface area contributed by atoms with Crippen molar-refractivity contribution in [1.82, 2.24) is 5.32 Å². The molecule has 1 saturated carbocycles. The molecule has 1 aliphatic heterocycles. The van der Waals surface area contributed by atoms with E-state index in [1.165, 1.54) is 38.5 Å². The Morgan fingerprint density at radius 1 is 1.29 bits per heavy atom. The zero-order valence-electron chi connectivity index (χ0n) is 11.8. The van der Waals surface area contributed by atoms with Crippen LogP contribution in [0.2, 0.25) is 0 Å². The molecule has 1 aliphatic carbocycles. The van der Waals surface area contributed by atoms with Crippen molar-refractivity contribution in [1.29, 1.82) is 0 Å². The summed E-state index contributed by atoms with van der Waals surface area (Å²) in [6.07, 6.45) is 8.36. The van der Waals surface area contributed by atoms with E-state index in [0.29, 0.717) is 11.5 Å². The third-order valence-electron chi connectivity index (χ3n) is 4.59. The second-order valence-electron chi connectivity index (χ2n) is 6.87. The molecule has 3 atom stereocenters. The minimum absolute atomic E-state index is 0.540. The van der Waals surface area contributed by atoms with Gasteiger partial charge in [-0.3, -0.25) is 0 Å². The standard InChI is InChI=1S/C15H29NO/c1-12-11-15(2,3)8-6-14(12)16-9-7-13-5-4-10-17-13/h12-14,16H,4-11H2,1-3H3. The normalized spacial score (nSPS) is 37.2. The summed E-state index contributed by atoms with van der Waals surface area (Å²) in [5.74, 6) is 0.822. The predicted molar refractivity (Wildman–Crippen MR) is 72.2 cm³/mol. The highest BCUT2D eigenvalue weighted by molar-refractivity contribution is 4.86. The summed E-state index contributed by atoms with van der Waals surface area (Å²) in [6.45, 7) is 9.35. The topological polar surface area (TPSA) is 21.3 Å². The van der Waals surface area contributed by atoms with E-state index >= 15 is 0 Å². The Kier molecular flexibility index (Phi) is 4.48. The van der Waals surface area contributed by atoms with Crippen LogP contribution in [0.5, 0.6) is 0 Å². The largest absolute Gasteiger partial charge is 0.378 e. The Labute approximate surface area is 107 Å². The quantitative estimate of drug-likeness (QED) is 0.812. The smallest absolute Gasteiger partial charge is 0.0588 e. The Hall–Kier alpha value is -0.0800. The van der Waals surface area contributed by atoms with E-state index in [1.54, 1.807) is 0 Å². The molecule has 2 nitrogen and oxygen atoms in total. The molecular weight excluding hydrogens is 210 g/mol. The van der Waals surface area contributed by atoms with Gasteiger partial charge in [0, 0.05) is 12.6 Å². The lowest BCUT2D eigenvalue weighted by molar-refractivity contribution is 0.0985. The summed E-state index contributed by atoms with van der Waals surface area (Å²) in [5.41, 5.74) is 0.562. The van der Waals surface area contributed by atoms with Crippen molar-refractivity contribution in [3.05, 3.63) is 0 Å². The predicted octanol–water partition coefficient (Wildman–Crippen LogP) is 3.36. The summed E-state index contributed by atoms with van der Waals surface area (Å²) in [7, 11) is 0. The number of rotatable bonds is 4. The molecular formula is C15H29NO. The average Bonchev–Trinajstić information content (AvgIpc) is 2.73. The van der Waals surface area contributed by atoms with Crippen molar-refractivity contribution >= 4 is 0 Å². The fraction of sp³-hybridized carbons (Fsp3) is 1.00. The summed E-state index contributed by atoms with van der Waals surface area (Å²) in [5, 5.41) is 3.76. The first-order valence-corrected chi connectivity index (χ1v) is 7.42. The SMILES string of the molecule is CC1CC(C)(C)CCC1NCCC1CCCO1. The molecule has 3 unspecified atom stereocenters. The molecule has 2 rings (SSSR count). The van der Waals surface area contributed by atoms with Crippen molar-refractivity contribution in [2.24, 2.45) is 11.3 Å². The molecule has 0 radical (unpaired) electrons. The van der Waals surface area contributed by atoms with Gasteiger partial charge in [-0.15, -0.1) is 0 Å². The zero-order valence-corrected chi connectivity index (χ0v) is 11.8. The van der Waals surface area contributed by atoms with E-state index in [9.17, 15) is 0 Å². The van der Waals surface area contributed by atoms with E-state index < -0.39 is 0 Å². The highest BCUT2D eigenvalue weighted by Crippen LogP contribution is 2.38. The van der Waals surface area contributed by atoms with Crippen molar-refractivity contribution < 1.29 is 4.74 Å². The summed E-state index contributed by atoms with van der Waals surface area (Å²) < 4.78 is 5.66. The average molecular weight is 239 g/mol. The minimum Gasteiger partial charge on any atom is -0.378 e. The van der Waals surface area contributed by atoms with Crippen molar-refractivity contribution in [3.63, 3.8) is 0 Å². The second-order valence-corrected chi connectivity index (χ2v) is 6.87. The van der Waals surface area contributed by atoms with Crippen LogP contribution in [0.4, 0.5) is 0 Å². The molecule has 2 fully saturated rings. The van der Waals surface area contributed by atoms with Crippen LogP contribution in [0.15, 0.2) is 0 Å². The third-order valence-corrected chi connectivity index (χ3v) is 4.59. The van der Waals surface area contributed by atoms with Crippen LogP contribution in [0.1, 0.15) is 59.3 Å². The fourth-order valence-corrected chi connectivity index (χ4v) is 3.55. The maximum Gasteiger partial charge on any atom is 0.0588 e. The van der Waals surface area contributed by atoms with Gasteiger partial charge in [-0.05, 0) is 56.4 Å². The minimum atomic E-state index is 0.540. The lowest BCUT2D eigenvalue weighted by atomic mass is 9.70. The lowest BCUT2D eigenvalue weighted by Crippen LogP contribution is -2.42. The van der Waals surface area contributed by atoms with E-state index in [2.05, 4.69) is 26.1 Å². The van der Waals surface area contributed by atoms with Gasteiger partial charge in [-0.2, -0.15) is 0 Å². The maximum absolute atomic E-state index is 5.66. The van der Waals surface area contributed by atoms with Crippen LogP contribution in [0, 0.1) is 11.3 Å². The van der Waals surface area contributed by atoms with Crippen molar-refractivity contribution in [3.8, 4) is 0 Å². The molecule has 17 heavy (non-hydrogen) atoms. The molecule has 0 aromatic rings. The second kappa shape index (κ2) is 5.71. The van der Waals surface area contributed by atoms with Crippen LogP contribution in [-0.2, 0) is 4.74 Å². The van der Waals surface area contributed by atoms with Gasteiger partial charge in [0.05, 0.1) is 6.10 Å². The monoisotopic (exact) mass is 239 g/mol. The van der Waals surface area contributed by atoms with Crippen LogP contribution in [0.3, 0.4) is 0 Å². The molecule has 0 aromatic carbocycles. The molecule has 1 saturated heterocycles. The molecule has 0 aromatic heterocycles. The summed E-state index contributed by atoms with van der Waals surface area (Å²) in [6, 6.07) is 0.740. The molecule has 1 heterocycles. The Morgan fingerprint density at radius 2 is 2.12 bits per heavy atom. The Balaban J connectivity index is 1.65. The third kappa shape index (κ3) is 3.96. The fourth-order valence-electron chi connectivity index (χ4n) is 3.55. The van der Waals surface area contributed by atoms with Gasteiger partial charge in [0.25, 0.3) is 0 Å². The van der Waals surface area contributed by atoms with Crippen molar-refractivity contribution in [2.75, 3.05) is 13.2 Å². The summed E-state index contributed by atoms with van der Waals surface area (Å²) >= 11 is 0.